The molecule has 0 unspecified atom stereocenters. The van der Waals surface area contributed by atoms with Crippen molar-refractivity contribution >= 4 is 11.6 Å². The first-order valence-corrected chi connectivity index (χ1v) is 7.99. The van der Waals surface area contributed by atoms with Gasteiger partial charge in [0.25, 0.3) is 0 Å². The molecule has 0 atom stereocenters. The van der Waals surface area contributed by atoms with Gasteiger partial charge in [0.2, 0.25) is 0 Å². The summed E-state index contributed by atoms with van der Waals surface area (Å²) >= 11 is 0. The van der Waals surface area contributed by atoms with E-state index in [9.17, 15) is 0 Å². The SMILES string of the molecule is CC(C)c1cc2c(c(C(C)C)c1)C=C(c1ccccc1)C2. The molecular weight excluding hydrogens is 252 g/mol. The standard InChI is InChI=1S/C21H24/c1-14(2)17-10-19-11-18(16-8-6-5-7-9-16)13-21(19)20(12-17)15(3)4/h5-10,12-15H,11H2,1-4H3. The van der Waals surface area contributed by atoms with Gasteiger partial charge in [-0.1, -0.05) is 76.2 Å². The van der Waals surface area contributed by atoms with Gasteiger partial charge >= 0.3 is 0 Å². The van der Waals surface area contributed by atoms with Crippen LogP contribution in [0.2, 0.25) is 0 Å². The molecule has 1 aliphatic carbocycles. The van der Waals surface area contributed by atoms with Crippen LogP contribution in [0.5, 0.6) is 0 Å². The van der Waals surface area contributed by atoms with Crippen molar-refractivity contribution in [2.75, 3.05) is 0 Å². The van der Waals surface area contributed by atoms with Crippen LogP contribution in [0.25, 0.3) is 11.6 Å². The third kappa shape index (κ3) is 2.68. The largest absolute Gasteiger partial charge is 0.0622 e. The van der Waals surface area contributed by atoms with E-state index < -0.39 is 0 Å². The molecule has 0 spiro atoms. The summed E-state index contributed by atoms with van der Waals surface area (Å²) in [6.45, 7) is 9.17. The molecule has 21 heavy (non-hydrogen) atoms. The van der Waals surface area contributed by atoms with E-state index in [1.807, 2.05) is 0 Å². The Hall–Kier alpha value is -1.82. The molecule has 0 fully saturated rings. The molecule has 0 radical (unpaired) electrons. The first kappa shape index (κ1) is 14.1. The number of fused-ring (bicyclic) bond motifs is 1. The highest BCUT2D eigenvalue weighted by molar-refractivity contribution is 5.89. The summed E-state index contributed by atoms with van der Waals surface area (Å²) in [5.41, 5.74) is 8.75. The maximum Gasteiger partial charge on any atom is -0.00135 e. The lowest BCUT2D eigenvalue weighted by atomic mass is 9.89. The molecule has 0 bridgehead atoms. The first-order chi connectivity index (χ1) is 10.1. The summed E-state index contributed by atoms with van der Waals surface area (Å²) in [5.74, 6) is 1.16. The predicted molar refractivity (Wildman–Crippen MR) is 92.6 cm³/mol. The fourth-order valence-corrected chi connectivity index (χ4v) is 3.16. The fourth-order valence-electron chi connectivity index (χ4n) is 3.16. The van der Waals surface area contributed by atoms with Gasteiger partial charge in [-0.15, -0.1) is 0 Å². The van der Waals surface area contributed by atoms with Gasteiger partial charge in [-0.25, -0.2) is 0 Å². The topological polar surface area (TPSA) is 0 Å². The van der Waals surface area contributed by atoms with Crippen LogP contribution in [0.1, 0.15) is 67.3 Å². The second-order valence-electron chi connectivity index (χ2n) is 6.70. The maximum atomic E-state index is 2.42. The zero-order chi connectivity index (χ0) is 15.0. The molecule has 0 heterocycles. The minimum absolute atomic E-state index is 0.573. The summed E-state index contributed by atoms with van der Waals surface area (Å²) in [6, 6.07) is 15.6. The van der Waals surface area contributed by atoms with E-state index in [1.165, 1.54) is 33.4 Å². The van der Waals surface area contributed by atoms with E-state index in [0.29, 0.717) is 11.8 Å². The van der Waals surface area contributed by atoms with Crippen LogP contribution in [0, 0.1) is 0 Å². The van der Waals surface area contributed by atoms with Gasteiger partial charge in [0.1, 0.15) is 0 Å². The van der Waals surface area contributed by atoms with Crippen molar-refractivity contribution in [3.8, 4) is 0 Å². The Morgan fingerprint density at radius 3 is 2.19 bits per heavy atom. The van der Waals surface area contributed by atoms with Gasteiger partial charge in [-0.3, -0.25) is 0 Å². The highest BCUT2D eigenvalue weighted by atomic mass is 14.2. The Bertz CT molecular complexity index is 673. The lowest BCUT2D eigenvalue weighted by Gasteiger charge is -2.16. The number of hydrogen-bond donors (Lipinski definition) is 0. The lowest BCUT2D eigenvalue weighted by molar-refractivity contribution is 0.828. The molecule has 3 rings (SSSR count). The molecule has 108 valence electrons. The van der Waals surface area contributed by atoms with E-state index >= 15 is 0 Å². The van der Waals surface area contributed by atoms with Crippen molar-refractivity contribution < 1.29 is 0 Å². The van der Waals surface area contributed by atoms with E-state index in [-0.39, 0.29) is 0 Å². The lowest BCUT2D eigenvalue weighted by Crippen LogP contribution is -1.99. The Morgan fingerprint density at radius 2 is 1.57 bits per heavy atom. The molecule has 2 aromatic carbocycles. The summed E-state index contributed by atoms with van der Waals surface area (Å²) in [6.07, 6.45) is 3.48. The minimum Gasteiger partial charge on any atom is -0.0622 e. The number of benzene rings is 2. The van der Waals surface area contributed by atoms with Crippen LogP contribution in [-0.2, 0) is 6.42 Å². The molecule has 0 nitrogen and oxygen atoms in total. The van der Waals surface area contributed by atoms with Gasteiger partial charge in [0.05, 0.1) is 0 Å². The predicted octanol–water partition coefficient (Wildman–Crippen LogP) is 6.03. The molecular formula is C21H24. The minimum atomic E-state index is 0.573. The van der Waals surface area contributed by atoms with Crippen molar-refractivity contribution in [1.82, 2.24) is 0 Å². The Labute approximate surface area is 128 Å². The zero-order valence-electron chi connectivity index (χ0n) is 13.5. The third-order valence-corrected chi connectivity index (χ3v) is 4.45. The molecule has 0 saturated heterocycles. The van der Waals surface area contributed by atoms with Crippen LogP contribution in [-0.4, -0.2) is 0 Å². The van der Waals surface area contributed by atoms with Gasteiger partial charge in [-0.05, 0) is 51.6 Å². The average Bonchev–Trinajstić information content (AvgIpc) is 2.90. The van der Waals surface area contributed by atoms with Gasteiger partial charge in [0, 0.05) is 0 Å². The Morgan fingerprint density at radius 1 is 0.857 bits per heavy atom. The number of rotatable bonds is 3. The highest BCUT2D eigenvalue weighted by Gasteiger charge is 2.20. The van der Waals surface area contributed by atoms with E-state index in [2.05, 4.69) is 76.2 Å². The molecule has 1 aliphatic rings. The summed E-state index contributed by atoms with van der Waals surface area (Å²) in [4.78, 5) is 0. The molecule has 0 amide bonds. The zero-order valence-corrected chi connectivity index (χ0v) is 13.5. The molecule has 2 aromatic rings. The van der Waals surface area contributed by atoms with Crippen LogP contribution in [0.15, 0.2) is 42.5 Å². The second kappa shape index (κ2) is 5.52. The number of hydrogen-bond acceptors (Lipinski definition) is 0. The average molecular weight is 276 g/mol. The van der Waals surface area contributed by atoms with Crippen molar-refractivity contribution in [2.45, 2.75) is 46.0 Å². The Kier molecular flexibility index (Phi) is 3.71. The van der Waals surface area contributed by atoms with E-state index in [4.69, 9.17) is 0 Å². The summed E-state index contributed by atoms with van der Waals surface area (Å²) < 4.78 is 0. The maximum absolute atomic E-state index is 2.42. The molecule has 0 aliphatic heterocycles. The molecule has 0 heteroatoms. The number of allylic oxidation sites excluding steroid dienone is 1. The molecule has 0 saturated carbocycles. The van der Waals surface area contributed by atoms with Gasteiger partial charge in [0.15, 0.2) is 0 Å². The smallest absolute Gasteiger partial charge is 0.00135 e. The summed E-state index contributed by atoms with van der Waals surface area (Å²) in [5, 5.41) is 0. The quantitative estimate of drug-likeness (QED) is 0.642. The van der Waals surface area contributed by atoms with Crippen LogP contribution in [0.4, 0.5) is 0 Å². The van der Waals surface area contributed by atoms with Gasteiger partial charge in [-0.2, -0.15) is 0 Å². The third-order valence-electron chi connectivity index (χ3n) is 4.45. The van der Waals surface area contributed by atoms with Crippen molar-refractivity contribution in [2.24, 2.45) is 0 Å². The fraction of sp³-hybridized carbons (Fsp3) is 0.333. The normalized spacial score (nSPS) is 13.7. The van der Waals surface area contributed by atoms with Crippen LogP contribution in [0.3, 0.4) is 0 Å². The van der Waals surface area contributed by atoms with Crippen molar-refractivity contribution in [3.63, 3.8) is 0 Å². The first-order valence-electron chi connectivity index (χ1n) is 7.99. The highest BCUT2D eigenvalue weighted by Crippen LogP contribution is 2.38. The van der Waals surface area contributed by atoms with E-state index in [0.717, 1.165) is 6.42 Å². The van der Waals surface area contributed by atoms with Crippen LogP contribution >= 0.6 is 0 Å². The molecule has 0 aromatic heterocycles. The van der Waals surface area contributed by atoms with Crippen LogP contribution < -0.4 is 0 Å². The van der Waals surface area contributed by atoms with Crippen molar-refractivity contribution in [3.05, 3.63) is 70.3 Å². The summed E-state index contributed by atoms with van der Waals surface area (Å²) in [7, 11) is 0. The Balaban J connectivity index is 2.08. The second-order valence-corrected chi connectivity index (χ2v) is 6.70. The molecule has 0 N–H and O–H groups in total. The van der Waals surface area contributed by atoms with Crippen molar-refractivity contribution in [1.29, 1.82) is 0 Å². The van der Waals surface area contributed by atoms with E-state index in [1.54, 1.807) is 0 Å². The monoisotopic (exact) mass is 276 g/mol. The van der Waals surface area contributed by atoms with Gasteiger partial charge < -0.3 is 0 Å².